The molecule has 2 rings (SSSR count). The average Bonchev–Trinajstić information content (AvgIpc) is 2.77. The summed E-state index contributed by atoms with van der Waals surface area (Å²) in [4.78, 5) is 15.9. The predicted octanol–water partition coefficient (Wildman–Crippen LogP) is 1.85. The summed E-state index contributed by atoms with van der Waals surface area (Å²) in [5.41, 5.74) is 0.861. The quantitative estimate of drug-likeness (QED) is 0.866. The molecule has 1 aromatic heterocycles. The smallest absolute Gasteiger partial charge is 0.240 e. The molecule has 1 heterocycles. The van der Waals surface area contributed by atoms with E-state index in [4.69, 9.17) is 4.74 Å². The molecule has 0 atom stereocenters. The van der Waals surface area contributed by atoms with Crippen molar-refractivity contribution in [2.24, 2.45) is 0 Å². The summed E-state index contributed by atoms with van der Waals surface area (Å²) in [6, 6.07) is 5.64. The van der Waals surface area contributed by atoms with E-state index in [1.165, 1.54) is 11.3 Å². The fraction of sp³-hybridized carbons (Fsp3) is 0.333. The van der Waals surface area contributed by atoms with Crippen LogP contribution >= 0.6 is 11.3 Å². The molecule has 5 nitrogen and oxygen atoms in total. The number of amides is 1. The molecule has 2 N–H and O–H groups in total. The summed E-state index contributed by atoms with van der Waals surface area (Å²) in [6.45, 7) is 3.03. The summed E-state index contributed by atoms with van der Waals surface area (Å²) in [5, 5.41) is 6.35. The van der Waals surface area contributed by atoms with Gasteiger partial charge in [-0.1, -0.05) is 18.3 Å². The van der Waals surface area contributed by atoms with Gasteiger partial charge >= 0.3 is 0 Å². The molecule has 6 heteroatoms. The van der Waals surface area contributed by atoms with Gasteiger partial charge in [0.2, 0.25) is 5.91 Å². The highest BCUT2D eigenvalue weighted by Crippen LogP contribution is 2.28. The van der Waals surface area contributed by atoms with E-state index in [9.17, 15) is 4.79 Å². The third-order valence-corrected chi connectivity index (χ3v) is 3.31. The second-order valence-corrected chi connectivity index (χ2v) is 4.71. The molecule has 1 amide bonds. The summed E-state index contributed by atoms with van der Waals surface area (Å²) >= 11 is 1.44. The molecule has 0 aliphatic carbocycles. The van der Waals surface area contributed by atoms with Crippen molar-refractivity contribution >= 4 is 32.6 Å². The van der Waals surface area contributed by atoms with Crippen LogP contribution < -0.4 is 15.4 Å². The average molecular weight is 265 g/mol. The number of nitrogens with zero attached hydrogens (tertiary/aromatic N) is 1. The highest BCUT2D eigenvalue weighted by molar-refractivity contribution is 7.22. The Morgan fingerprint density at radius 1 is 1.50 bits per heavy atom. The number of anilines is 1. The Morgan fingerprint density at radius 3 is 3.06 bits per heavy atom. The first-order chi connectivity index (χ1) is 8.72. The number of carbonyl (C=O) groups excluding carboxylic acids is 1. The van der Waals surface area contributed by atoms with Crippen LogP contribution in [0.2, 0.25) is 0 Å². The molecule has 0 saturated heterocycles. The van der Waals surface area contributed by atoms with Crippen molar-refractivity contribution in [3.63, 3.8) is 0 Å². The van der Waals surface area contributed by atoms with Crippen molar-refractivity contribution in [2.45, 2.75) is 6.92 Å². The molecule has 0 saturated carbocycles. The summed E-state index contributed by atoms with van der Waals surface area (Å²) in [6.07, 6.45) is 0. The van der Waals surface area contributed by atoms with Crippen LogP contribution in [0.3, 0.4) is 0 Å². The largest absolute Gasteiger partial charge is 0.497 e. The number of nitrogens with one attached hydrogen (secondary N) is 2. The lowest BCUT2D eigenvalue weighted by Crippen LogP contribution is -2.27. The maximum absolute atomic E-state index is 11.5. The fourth-order valence-electron chi connectivity index (χ4n) is 1.49. The number of thiazole rings is 1. The van der Waals surface area contributed by atoms with Crippen LogP contribution in [-0.2, 0) is 4.79 Å². The van der Waals surface area contributed by atoms with Gasteiger partial charge in [0.25, 0.3) is 0 Å². The number of rotatable bonds is 5. The molecule has 0 radical (unpaired) electrons. The van der Waals surface area contributed by atoms with Crippen LogP contribution in [0, 0.1) is 0 Å². The van der Waals surface area contributed by atoms with Crippen molar-refractivity contribution in [2.75, 3.05) is 25.5 Å². The number of hydrogen-bond donors (Lipinski definition) is 2. The van der Waals surface area contributed by atoms with Crippen LogP contribution in [0.5, 0.6) is 5.75 Å². The van der Waals surface area contributed by atoms with E-state index < -0.39 is 0 Å². The molecule has 0 unspecified atom stereocenters. The third-order valence-electron chi connectivity index (χ3n) is 2.38. The van der Waals surface area contributed by atoms with Crippen LogP contribution in [-0.4, -0.2) is 31.1 Å². The molecule has 96 valence electrons. The first kappa shape index (κ1) is 12.8. The van der Waals surface area contributed by atoms with Gasteiger partial charge in [0.15, 0.2) is 5.13 Å². The van der Waals surface area contributed by atoms with Gasteiger partial charge < -0.3 is 15.4 Å². The Hall–Kier alpha value is -1.66. The Labute approximate surface area is 109 Å². The minimum Gasteiger partial charge on any atom is -0.497 e. The van der Waals surface area contributed by atoms with Gasteiger partial charge in [0.05, 0.1) is 23.9 Å². The lowest BCUT2D eigenvalue weighted by Gasteiger charge is -2.00. The summed E-state index contributed by atoms with van der Waals surface area (Å²) in [5.74, 6) is 0.708. The van der Waals surface area contributed by atoms with E-state index >= 15 is 0 Å². The highest BCUT2D eigenvalue weighted by Gasteiger charge is 2.07. The van der Waals surface area contributed by atoms with Gasteiger partial charge in [-0.15, -0.1) is 0 Å². The van der Waals surface area contributed by atoms with Crippen molar-refractivity contribution in [1.82, 2.24) is 10.3 Å². The number of fused-ring (bicyclic) bond motifs is 1. The van der Waals surface area contributed by atoms with Crippen molar-refractivity contribution in [3.05, 3.63) is 18.2 Å². The number of hydrogen-bond acceptors (Lipinski definition) is 5. The van der Waals surface area contributed by atoms with Crippen LogP contribution in [0.15, 0.2) is 18.2 Å². The molecule has 1 aromatic carbocycles. The van der Waals surface area contributed by atoms with Crippen LogP contribution in [0.4, 0.5) is 5.13 Å². The Bertz CT molecular complexity index is 553. The molecular weight excluding hydrogens is 250 g/mol. The maximum atomic E-state index is 11.5. The first-order valence-electron chi connectivity index (χ1n) is 5.68. The standard InChI is InChI=1S/C12H15N3O2S/c1-3-13-7-11(16)15-12-14-9-5-4-8(17-2)6-10(9)18-12/h4-6,13H,3,7H2,1-2H3,(H,14,15,16). The van der Waals surface area contributed by atoms with E-state index in [1.807, 2.05) is 25.1 Å². The van der Waals surface area contributed by atoms with Crippen molar-refractivity contribution in [1.29, 1.82) is 0 Å². The molecule has 0 aliphatic rings. The number of carbonyl (C=O) groups is 1. The Kier molecular flexibility index (Phi) is 4.11. The topological polar surface area (TPSA) is 63.2 Å². The van der Waals surface area contributed by atoms with Crippen molar-refractivity contribution < 1.29 is 9.53 Å². The normalized spacial score (nSPS) is 10.6. The van der Waals surface area contributed by atoms with E-state index in [1.54, 1.807) is 7.11 Å². The highest BCUT2D eigenvalue weighted by atomic mass is 32.1. The van der Waals surface area contributed by atoms with Gasteiger partial charge in [-0.05, 0) is 24.7 Å². The van der Waals surface area contributed by atoms with Crippen LogP contribution in [0.1, 0.15) is 6.92 Å². The predicted molar refractivity (Wildman–Crippen MR) is 73.3 cm³/mol. The fourth-order valence-corrected chi connectivity index (χ4v) is 2.40. The van der Waals surface area contributed by atoms with Gasteiger partial charge in [0, 0.05) is 0 Å². The number of benzene rings is 1. The lowest BCUT2D eigenvalue weighted by molar-refractivity contribution is -0.115. The Balaban J connectivity index is 2.12. The van der Waals surface area contributed by atoms with E-state index in [0.717, 1.165) is 22.5 Å². The SMILES string of the molecule is CCNCC(=O)Nc1nc2ccc(OC)cc2s1. The minimum absolute atomic E-state index is 0.0807. The van der Waals surface area contributed by atoms with Gasteiger partial charge in [-0.3, -0.25) is 4.79 Å². The number of ether oxygens (including phenoxy) is 1. The minimum atomic E-state index is -0.0807. The van der Waals surface area contributed by atoms with Crippen molar-refractivity contribution in [3.8, 4) is 5.75 Å². The monoisotopic (exact) mass is 265 g/mol. The van der Waals surface area contributed by atoms with Gasteiger partial charge in [-0.2, -0.15) is 0 Å². The zero-order valence-electron chi connectivity index (χ0n) is 10.3. The first-order valence-corrected chi connectivity index (χ1v) is 6.49. The number of aromatic nitrogens is 1. The molecule has 0 fully saturated rings. The second-order valence-electron chi connectivity index (χ2n) is 3.68. The molecule has 0 bridgehead atoms. The maximum Gasteiger partial charge on any atom is 0.240 e. The molecule has 0 spiro atoms. The molecule has 2 aromatic rings. The third kappa shape index (κ3) is 2.96. The van der Waals surface area contributed by atoms with Gasteiger partial charge in [-0.25, -0.2) is 4.98 Å². The number of likely N-dealkylation sites (N-methyl/N-ethyl adjacent to an activating group) is 1. The zero-order valence-corrected chi connectivity index (χ0v) is 11.1. The Morgan fingerprint density at radius 2 is 2.33 bits per heavy atom. The zero-order chi connectivity index (χ0) is 13.0. The summed E-state index contributed by atoms with van der Waals surface area (Å²) < 4.78 is 6.14. The van der Waals surface area contributed by atoms with E-state index in [0.29, 0.717) is 11.7 Å². The number of methoxy groups -OCH3 is 1. The second kappa shape index (κ2) is 5.79. The van der Waals surface area contributed by atoms with Crippen LogP contribution in [0.25, 0.3) is 10.2 Å². The van der Waals surface area contributed by atoms with Gasteiger partial charge in [0.1, 0.15) is 5.75 Å². The lowest BCUT2D eigenvalue weighted by atomic mass is 10.3. The molecule has 18 heavy (non-hydrogen) atoms. The van der Waals surface area contributed by atoms with E-state index in [2.05, 4.69) is 15.6 Å². The van der Waals surface area contributed by atoms with E-state index in [-0.39, 0.29) is 5.91 Å². The molecule has 0 aliphatic heterocycles. The summed E-state index contributed by atoms with van der Waals surface area (Å²) in [7, 11) is 1.63. The molecular formula is C12H15N3O2S.